The van der Waals surface area contributed by atoms with Gasteiger partial charge in [0, 0.05) is 41.5 Å². The fourth-order valence-corrected chi connectivity index (χ4v) is 4.47. The van der Waals surface area contributed by atoms with Crippen LogP contribution in [0.25, 0.3) is 10.6 Å². The van der Waals surface area contributed by atoms with Crippen molar-refractivity contribution in [2.45, 2.75) is 31.3 Å². The number of rotatable bonds is 4. The lowest BCUT2D eigenvalue weighted by Crippen LogP contribution is -2.49. The third-order valence-corrected chi connectivity index (χ3v) is 5.75. The first-order valence-electron chi connectivity index (χ1n) is 8.48. The van der Waals surface area contributed by atoms with Crippen molar-refractivity contribution < 1.29 is 4.74 Å². The maximum atomic E-state index is 5.66. The van der Waals surface area contributed by atoms with Crippen LogP contribution in [-0.4, -0.2) is 36.8 Å². The molecule has 2 N–H and O–H groups in total. The molecule has 0 bridgehead atoms. The lowest BCUT2D eigenvalue weighted by Gasteiger charge is -2.33. The van der Waals surface area contributed by atoms with Crippen LogP contribution >= 0.6 is 11.3 Å². The highest BCUT2D eigenvalue weighted by Gasteiger charge is 2.34. The van der Waals surface area contributed by atoms with E-state index in [1.54, 1.807) is 11.3 Å². The fraction of sp³-hybridized carbons (Fsp3) is 0.500. The second-order valence-electron chi connectivity index (χ2n) is 6.40. The van der Waals surface area contributed by atoms with Gasteiger partial charge in [0.25, 0.3) is 0 Å². The second kappa shape index (κ2) is 6.99. The van der Waals surface area contributed by atoms with Crippen molar-refractivity contribution in [3.8, 4) is 10.6 Å². The van der Waals surface area contributed by atoms with E-state index in [0.29, 0.717) is 18.0 Å². The maximum Gasteiger partial charge on any atom is 0.123 e. The molecule has 23 heavy (non-hydrogen) atoms. The number of thiazole rings is 1. The minimum atomic E-state index is 0.492. The molecular weight excluding hydrogens is 306 g/mol. The topological polar surface area (TPSA) is 46.2 Å². The van der Waals surface area contributed by atoms with E-state index in [0.717, 1.165) is 24.8 Å². The molecule has 2 fully saturated rings. The molecule has 0 amide bonds. The molecule has 1 aliphatic carbocycles. The molecule has 2 heterocycles. The molecule has 1 aromatic heterocycles. The zero-order valence-electron chi connectivity index (χ0n) is 13.2. The summed E-state index contributed by atoms with van der Waals surface area (Å²) < 4.78 is 5.66. The average Bonchev–Trinajstić information content (AvgIpc) is 3.28. The minimum Gasteiger partial charge on any atom is -0.382 e. The molecule has 2 aliphatic rings. The van der Waals surface area contributed by atoms with Crippen LogP contribution in [0.4, 0.5) is 5.69 Å². The largest absolute Gasteiger partial charge is 0.382 e. The highest BCUT2D eigenvalue weighted by atomic mass is 32.1. The summed E-state index contributed by atoms with van der Waals surface area (Å²) in [6.45, 7) is 2.67. The van der Waals surface area contributed by atoms with Crippen LogP contribution < -0.4 is 10.6 Å². The van der Waals surface area contributed by atoms with Gasteiger partial charge >= 0.3 is 0 Å². The molecule has 0 spiro atoms. The van der Waals surface area contributed by atoms with Crippen molar-refractivity contribution in [3.63, 3.8) is 0 Å². The summed E-state index contributed by atoms with van der Waals surface area (Å²) in [5.74, 6) is 0.652. The molecule has 1 saturated carbocycles. The Morgan fingerprint density at radius 3 is 3.13 bits per heavy atom. The van der Waals surface area contributed by atoms with Gasteiger partial charge in [0.2, 0.25) is 0 Å². The summed E-state index contributed by atoms with van der Waals surface area (Å²) in [6.07, 6.45) is 5.68. The van der Waals surface area contributed by atoms with Crippen LogP contribution in [0.1, 0.15) is 19.3 Å². The summed E-state index contributed by atoms with van der Waals surface area (Å²) in [5, 5.41) is 10.5. The number of hydrogen-bond acceptors (Lipinski definition) is 5. The smallest absolute Gasteiger partial charge is 0.123 e. The van der Waals surface area contributed by atoms with Crippen molar-refractivity contribution in [3.05, 3.63) is 35.8 Å². The number of ether oxygens (including phenoxy) is 1. The Hall–Kier alpha value is -1.43. The van der Waals surface area contributed by atoms with Crippen LogP contribution in [0.5, 0.6) is 0 Å². The standard InChI is InChI=1S/C18H23N3OS/c1-3-13(18-20-8-10-23-18)11-14(4-1)21-16-6-2-5-15(16)17-12-22-9-7-19-17/h1,3-4,8,10-11,15-17,19,21H,2,5-7,9,12H2. The zero-order chi connectivity index (χ0) is 15.5. The van der Waals surface area contributed by atoms with Crippen molar-refractivity contribution >= 4 is 17.0 Å². The molecule has 3 atom stereocenters. The van der Waals surface area contributed by atoms with E-state index in [9.17, 15) is 0 Å². The van der Waals surface area contributed by atoms with Crippen molar-refractivity contribution in [2.75, 3.05) is 25.1 Å². The van der Waals surface area contributed by atoms with Gasteiger partial charge in [-0.25, -0.2) is 4.98 Å². The van der Waals surface area contributed by atoms with Gasteiger partial charge in [0.1, 0.15) is 5.01 Å². The van der Waals surface area contributed by atoms with E-state index in [1.807, 2.05) is 11.6 Å². The van der Waals surface area contributed by atoms with Gasteiger partial charge in [-0.1, -0.05) is 18.6 Å². The monoisotopic (exact) mass is 329 g/mol. The molecule has 4 rings (SSSR count). The maximum absolute atomic E-state index is 5.66. The lowest BCUT2D eigenvalue weighted by atomic mass is 9.93. The fourth-order valence-electron chi connectivity index (χ4n) is 3.83. The van der Waals surface area contributed by atoms with Gasteiger partial charge in [0.15, 0.2) is 0 Å². The number of benzene rings is 1. The Morgan fingerprint density at radius 1 is 1.30 bits per heavy atom. The molecule has 3 unspecified atom stereocenters. The first kappa shape index (κ1) is 15.1. The van der Waals surface area contributed by atoms with E-state index in [2.05, 4.69) is 39.9 Å². The van der Waals surface area contributed by atoms with E-state index in [1.165, 1.54) is 30.5 Å². The quantitative estimate of drug-likeness (QED) is 0.903. The SMILES string of the molecule is c1cc(NC2CCCC2C2COCCN2)cc(-c2nccs2)c1. The predicted octanol–water partition coefficient (Wildman–Crippen LogP) is 3.38. The summed E-state index contributed by atoms with van der Waals surface area (Å²) >= 11 is 1.69. The molecule has 122 valence electrons. The van der Waals surface area contributed by atoms with Crippen LogP contribution in [0, 0.1) is 5.92 Å². The van der Waals surface area contributed by atoms with Crippen LogP contribution in [-0.2, 0) is 4.74 Å². The zero-order valence-corrected chi connectivity index (χ0v) is 14.0. The molecule has 1 aliphatic heterocycles. The molecular formula is C18H23N3OS. The van der Waals surface area contributed by atoms with E-state index in [4.69, 9.17) is 4.74 Å². The van der Waals surface area contributed by atoms with Crippen LogP contribution in [0.2, 0.25) is 0 Å². The molecule has 1 saturated heterocycles. The highest BCUT2D eigenvalue weighted by Crippen LogP contribution is 2.33. The number of aromatic nitrogens is 1. The van der Waals surface area contributed by atoms with Gasteiger partial charge in [0.05, 0.1) is 13.2 Å². The van der Waals surface area contributed by atoms with Crippen molar-refractivity contribution in [1.82, 2.24) is 10.3 Å². The Kier molecular flexibility index (Phi) is 4.60. The van der Waals surface area contributed by atoms with Gasteiger partial charge in [-0.3, -0.25) is 0 Å². The summed E-state index contributed by atoms with van der Waals surface area (Å²) in [7, 11) is 0. The van der Waals surface area contributed by atoms with Crippen LogP contribution in [0.3, 0.4) is 0 Å². The third-order valence-electron chi connectivity index (χ3n) is 4.93. The number of nitrogens with one attached hydrogen (secondary N) is 2. The Balaban J connectivity index is 1.47. The lowest BCUT2D eigenvalue weighted by molar-refractivity contribution is 0.0559. The van der Waals surface area contributed by atoms with E-state index in [-0.39, 0.29) is 0 Å². The number of nitrogens with zero attached hydrogens (tertiary/aromatic N) is 1. The molecule has 2 aromatic rings. The highest BCUT2D eigenvalue weighted by molar-refractivity contribution is 7.13. The van der Waals surface area contributed by atoms with Gasteiger partial charge < -0.3 is 15.4 Å². The van der Waals surface area contributed by atoms with Crippen LogP contribution in [0.15, 0.2) is 35.8 Å². The first-order valence-corrected chi connectivity index (χ1v) is 9.36. The predicted molar refractivity (Wildman–Crippen MR) is 94.9 cm³/mol. The Morgan fingerprint density at radius 2 is 2.30 bits per heavy atom. The third kappa shape index (κ3) is 3.42. The summed E-state index contributed by atoms with van der Waals surface area (Å²) in [4.78, 5) is 4.41. The molecule has 1 aromatic carbocycles. The average molecular weight is 329 g/mol. The Labute approximate surface area is 141 Å². The molecule has 5 heteroatoms. The van der Waals surface area contributed by atoms with Crippen molar-refractivity contribution in [2.24, 2.45) is 5.92 Å². The van der Waals surface area contributed by atoms with E-state index < -0.39 is 0 Å². The summed E-state index contributed by atoms with van der Waals surface area (Å²) in [5.41, 5.74) is 2.39. The minimum absolute atomic E-state index is 0.492. The molecule has 0 radical (unpaired) electrons. The summed E-state index contributed by atoms with van der Waals surface area (Å²) in [6, 6.07) is 9.65. The number of morpholine rings is 1. The van der Waals surface area contributed by atoms with E-state index >= 15 is 0 Å². The van der Waals surface area contributed by atoms with Crippen molar-refractivity contribution in [1.29, 1.82) is 0 Å². The second-order valence-corrected chi connectivity index (χ2v) is 7.29. The Bertz CT molecular complexity index is 625. The van der Waals surface area contributed by atoms with Gasteiger partial charge in [-0.15, -0.1) is 11.3 Å². The molecule has 4 nitrogen and oxygen atoms in total. The van der Waals surface area contributed by atoms with Gasteiger partial charge in [-0.05, 0) is 30.9 Å². The number of anilines is 1. The number of hydrogen-bond donors (Lipinski definition) is 2. The van der Waals surface area contributed by atoms with Gasteiger partial charge in [-0.2, -0.15) is 0 Å². The first-order chi connectivity index (χ1) is 11.4. The normalized spacial score (nSPS) is 27.9.